The van der Waals surface area contributed by atoms with Gasteiger partial charge in [-0.3, -0.25) is 0 Å². The number of nitrogens with zero attached hydrogens (tertiary/aromatic N) is 1. The minimum atomic E-state index is 0.975. The summed E-state index contributed by atoms with van der Waals surface area (Å²) in [6, 6.07) is 4.15. The summed E-state index contributed by atoms with van der Waals surface area (Å²) in [4.78, 5) is 5.24. The van der Waals surface area contributed by atoms with Crippen molar-refractivity contribution < 1.29 is 0 Å². The smallest absolute Gasteiger partial charge is 0.0947 e. The third-order valence-corrected chi connectivity index (χ3v) is 3.19. The second-order valence-corrected chi connectivity index (χ2v) is 3.96. The molecule has 0 fully saturated rings. The Balaban J connectivity index is 2.82. The molecule has 0 amide bonds. The molecule has 0 atom stereocenters. The molecule has 0 spiro atoms. The summed E-state index contributed by atoms with van der Waals surface area (Å²) in [5, 5.41) is 0. The maximum absolute atomic E-state index is 4.35. The van der Waals surface area contributed by atoms with Crippen LogP contribution in [0.2, 0.25) is 0 Å². The second-order valence-electron chi connectivity index (χ2n) is 2.63. The quantitative estimate of drug-likeness (QED) is 0.690. The van der Waals surface area contributed by atoms with E-state index < -0.39 is 0 Å². The highest BCUT2D eigenvalue weighted by Gasteiger charge is 2.04. The maximum atomic E-state index is 4.35. The highest BCUT2D eigenvalue weighted by molar-refractivity contribution is 7.80. The van der Waals surface area contributed by atoms with Crippen molar-refractivity contribution in [3.8, 4) is 0 Å². The Bertz CT molecular complexity index is 406. The van der Waals surface area contributed by atoms with Crippen LogP contribution < -0.4 is 0 Å². The largest absolute Gasteiger partial charge is 0.243 e. The zero-order valence-corrected chi connectivity index (χ0v) is 8.45. The number of fused-ring (bicyclic) bond motifs is 1. The summed E-state index contributed by atoms with van der Waals surface area (Å²) >= 11 is 6.04. The van der Waals surface area contributed by atoms with Crippen LogP contribution in [0.1, 0.15) is 12.5 Å². The van der Waals surface area contributed by atoms with Gasteiger partial charge in [-0.1, -0.05) is 13.0 Å². The van der Waals surface area contributed by atoms with Gasteiger partial charge in [-0.25, -0.2) is 4.98 Å². The Hall–Kier alpha value is -0.540. The lowest BCUT2D eigenvalue weighted by Gasteiger charge is -1.99. The molecule has 1 aromatic carbocycles. The van der Waals surface area contributed by atoms with Crippen molar-refractivity contribution >= 4 is 34.2 Å². The third-order valence-electron chi connectivity index (χ3n) is 1.92. The predicted molar refractivity (Wildman–Crippen MR) is 56.3 cm³/mol. The molecule has 1 aromatic heterocycles. The minimum Gasteiger partial charge on any atom is -0.243 e. The molecule has 0 radical (unpaired) electrons. The molecule has 0 aliphatic heterocycles. The van der Waals surface area contributed by atoms with E-state index in [1.807, 2.05) is 11.6 Å². The molecule has 0 aliphatic carbocycles. The monoisotopic (exact) mass is 195 g/mol. The van der Waals surface area contributed by atoms with Gasteiger partial charge in [-0.2, -0.15) is 0 Å². The van der Waals surface area contributed by atoms with E-state index in [2.05, 4.69) is 30.6 Å². The molecule has 0 saturated heterocycles. The van der Waals surface area contributed by atoms with Crippen LogP contribution in [-0.4, -0.2) is 4.98 Å². The minimum absolute atomic E-state index is 0.975. The number of aromatic nitrogens is 1. The molecule has 62 valence electrons. The van der Waals surface area contributed by atoms with E-state index in [9.17, 15) is 0 Å². The first-order chi connectivity index (χ1) is 5.83. The van der Waals surface area contributed by atoms with E-state index in [0.29, 0.717) is 0 Å². The van der Waals surface area contributed by atoms with Crippen molar-refractivity contribution in [2.45, 2.75) is 18.2 Å². The van der Waals surface area contributed by atoms with Gasteiger partial charge in [0.05, 0.1) is 15.7 Å². The lowest BCUT2D eigenvalue weighted by molar-refractivity contribution is 1.16. The molecule has 0 bridgehead atoms. The summed E-state index contributed by atoms with van der Waals surface area (Å²) in [7, 11) is 0. The van der Waals surface area contributed by atoms with Crippen LogP contribution in [0.25, 0.3) is 10.2 Å². The zero-order valence-electron chi connectivity index (χ0n) is 6.74. The molecule has 0 aliphatic rings. The van der Waals surface area contributed by atoms with Gasteiger partial charge in [-0.15, -0.1) is 24.0 Å². The summed E-state index contributed by atoms with van der Waals surface area (Å²) < 4.78 is 1.28. The molecular formula is C9H9NS2. The van der Waals surface area contributed by atoms with Gasteiger partial charge in [0.15, 0.2) is 0 Å². The van der Waals surface area contributed by atoms with E-state index >= 15 is 0 Å². The predicted octanol–water partition coefficient (Wildman–Crippen LogP) is 3.15. The Morgan fingerprint density at radius 3 is 3.08 bits per heavy atom. The van der Waals surface area contributed by atoms with Crippen molar-refractivity contribution in [3.63, 3.8) is 0 Å². The van der Waals surface area contributed by atoms with Gasteiger partial charge in [0.25, 0.3) is 0 Å². The average Bonchev–Trinajstić information content (AvgIpc) is 2.54. The molecule has 2 rings (SSSR count). The summed E-state index contributed by atoms with van der Waals surface area (Å²) in [5.74, 6) is 0. The number of hydrogen-bond donors (Lipinski definition) is 1. The van der Waals surface area contributed by atoms with Crippen molar-refractivity contribution in [3.05, 3.63) is 23.2 Å². The SMILES string of the molecule is CCc1ccc(S)c2ncsc12. The van der Waals surface area contributed by atoms with Gasteiger partial charge >= 0.3 is 0 Å². The van der Waals surface area contributed by atoms with E-state index in [0.717, 1.165) is 16.8 Å². The fourth-order valence-electron chi connectivity index (χ4n) is 1.27. The Morgan fingerprint density at radius 2 is 2.33 bits per heavy atom. The van der Waals surface area contributed by atoms with Crippen molar-refractivity contribution in [1.82, 2.24) is 4.98 Å². The zero-order chi connectivity index (χ0) is 8.55. The molecule has 0 unspecified atom stereocenters. The average molecular weight is 195 g/mol. The fraction of sp³-hybridized carbons (Fsp3) is 0.222. The van der Waals surface area contributed by atoms with Crippen LogP contribution in [0.5, 0.6) is 0 Å². The number of rotatable bonds is 1. The first-order valence-corrected chi connectivity index (χ1v) is 5.19. The van der Waals surface area contributed by atoms with Gasteiger partial charge in [-0.05, 0) is 18.1 Å². The second kappa shape index (κ2) is 3.07. The van der Waals surface area contributed by atoms with Crippen LogP contribution in [0.15, 0.2) is 22.5 Å². The molecule has 3 heteroatoms. The van der Waals surface area contributed by atoms with Gasteiger partial charge in [0.1, 0.15) is 0 Å². The van der Waals surface area contributed by atoms with Crippen molar-refractivity contribution in [1.29, 1.82) is 0 Å². The van der Waals surface area contributed by atoms with E-state index in [4.69, 9.17) is 0 Å². The summed E-state index contributed by atoms with van der Waals surface area (Å²) in [6.07, 6.45) is 1.06. The summed E-state index contributed by atoms with van der Waals surface area (Å²) in [6.45, 7) is 2.16. The molecule has 1 nitrogen and oxygen atoms in total. The highest BCUT2D eigenvalue weighted by Crippen LogP contribution is 2.27. The van der Waals surface area contributed by atoms with Crippen molar-refractivity contribution in [2.75, 3.05) is 0 Å². The fourth-order valence-corrected chi connectivity index (χ4v) is 2.49. The normalized spacial score (nSPS) is 10.8. The van der Waals surface area contributed by atoms with Gasteiger partial charge in [0, 0.05) is 4.90 Å². The first kappa shape index (κ1) is 8.08. The number of thiol groups is 1. The van der Waals surface area contributed by atoms with Crippen LogP contribution in [0, 0.1) is 0 Å². The van der Waals surface area contributed by atoms with E-state index in [1.165, 1.54) is 10.3 Å². The van der Waals surface area contributed by atoms with E-state index in [1.54, 1.807) is 11.3 Å². The van der Waals surface area contributed by atoms with Crippen LogP contribution in [0.4, 0.5) is 0 Å². The Morgan fingerprint density at radius 1 is 1.50 bits per heavy atom. The van der Waals surface area contributed by atoms with Gasteiger partial charge < -0.3 is 0 Å². The number of benzene rings is 1. The Kier molecular flexibility index (Phi) is 2.07. The molecule has 12 heavy (non-hydrogen) atoms. The molecule has 1 heterocycles. The molecule has 0 saturated carbocycles. The topological polar surface area (TPSA) is 12.9 Å². The Labute approximate surface area is 80.9 Å². The number of hydrogen-bond acceptors (Lipinski definition) is 3. The molecular weight excluding hydrogens is 186 g/mol. The van der Waals surface area contributed by atoms with Crippen LogP contribution >= 0.6 is 24.0 Å². The number of thiazole rings is 1. The lowest BCUT2D eigenvalue weighted by atomic mass is 10.1. The maximum Gasteiger partial charge on any atom is 0.0947 e. The lowest BCUT2D eigenvalue weighted by Crippen LogP contribution is -1.80. The summed E-state index contributed by atoms with van der Waals surface area (Å²) in [5.41, 5.74) is 4.29. The van der Waals surface area contributed by atoms with Gasteiger partial charge in [0.2, 0.25) is 0 Å². The number of aryl methyl sites for hydroxylation is 1. The van der Waals surface area contributed by atoms with E-state index in [-0.39, 0.29) is 0 Å². The molecule has 0 N–H and O–H groups in total. The first-order valence-electron chi connectivity index (χ1n) is 3.87. The standard InChI is InChI=1S/C9H9NS2/c1-2-6-3-4-7(11)8-9(6)12-5-10-8/h3-5,11H,2H2,1H3. The third kappa shape index (κ3) is 1.13. The highest BCUT2D eigenvalue weighted by atomic mass is 32.1. The van der Waals surface area contributed by atoms with Crippen LogP contribution in [-0.2, 0) is 6.42 Å². The molecule has 2 aromatic rings. The van der Waals surface area contributed by atoms with Crippen LogP contribution in [0.3, 0.4) is 0 Å². The van der Waals surface area contributed by atoms with Crippen molar-refractivity contribution in [2.24, 2.45) is 0 Å².